The van der Waals surface area contributed by atoms with Crippen LogP contribution in [0.1, 0.15) is 62.0 Å². The largest absolute Gasteiger partial charge is 0.508 e. The molecule has 0 radical (unpaired) electrons. The number of aromatic hydroxyl groups is 1. The first-order chi connectivity index (χ1) is 13.4. The highest BCUT2D eigenvalue weighted by Gasteiger charge is 2.42. The first kappa shape index (κ1) is 18.7. The zero-order valence-corrected chi connectivity index (χ0v) is 17.1. The minimum atomic E-state index is -0.0523. The van der Waals surface area contributed by atoms with Crippen molar-refractivity contribution >= 4 is 0 Å². The van der Waals surface area contributed by atoms with Crippen molar-refractivity contribution in [3.05, 3.63) is 75.9 Å². The summed E-state index contributed by atoms with van der Waals surface area (Å²) in [4.78, 5) is 0. The Morgan fingerprint density at radius 1 is 1.00 bits per heavy atom. The van der Waals surface area contributed by atoms with Crippen LogP contribution >= 0.6 is 0 Å². The molecule has 2 aliphatic rings. The summed E-state index contributed by atoms with van der Waals surface area (Å²) in [6, 6.07) is 10.2. The van der Waals surface area contributed by atoms with Gasteiger partial charge in [-0.05, 0) is 58.2 Å². The van der Waals surface area contributed by atoms with Crippen LogP contribution in [-0.2, 0) is 12.8 Å². The molecule has 2 aliphatic heterocycles. The van der Waals surface area contributed by atoms with Gasteiger partial charge in [-0.25, -0.2) is 0 Å². The van der Waals surface area contributed by atoms with Gasteiger partial charge in [0.15, 0.2) is 0 Å². The molecule has 0 unspecified atom stereocenters. The number of rotatable bonds is 4. The number of ether oxygens (including phenoxy) is 2. The smallest absolute Gasteiger partial charge is 0.138 e. The second-order valence-corrected chi connectivity index (χ2v) is 8.28. The number of benzene rings is 2. The second kappa shape index (κ2) is 7.38. The van der Waals surface area contributed by atoms with Gasteiger partial charge in [-0.3, -0.25) is 0 Å². The maximum absolute atomic E-state index is 10.4. The van der Waals surface area contributed by atoms with Gasteiger partial charge in [0.05, 0.1) is 12.5 Å². The first-order valence-corrected chi connectivity index (χ1v) is 9.97. The molecule has 0 saturated carbocycles. The number of allylic oxidation sites excluding steroid dienone is 4. The average molecular weight is 376 g/mol. The molecular weight excluding hydrogens is 348 g/mol. The molecule has 0 fully saturated rings. The van der Waals surface area contributed by atoms with Crippen molar-refractivity contribution < 1.29 is 14.6 Å². The van der Waals surface area contributed by atoms with E-state index in [1.54, 1.807) is 6.07 Å². The third-order valence-corrected chi connectivity index (χ3v) is 5.54. The predicted molar refractivity (Wildman–Crippen MR) is 112 cm³/mol. The predicted octanol–water partition coefficient (Wildman–Crippen LogP) is 6.02. The Bertz CT molecular complexity index is 960. The molecule has 2 heterocycles. The number of phenols is 1. The molecule has 0 saturated heterocycles. The van der Waals surface area contributed by atoms with Gasteiger partial charge in [-0.1, -0.05) is 41.5 Å². The van der Waals surface area contributed by atoms with Crippen LogP contribution in [0.4, 0.5) is 0 Å². The van der Waals surface area contributed by atoms with Crippen LogP contribution in [0.25, 0.3) is 0 Å². The van der Waals surface area contributed by atoms with E-state index in [-0.39, 0.29) is 12.0 Å². The van der Waals surface area contributed by atoms with Gasteiger partial charge in [-0.15, -0.1) is 0 Å². The van der Waals surface area contributed by atoms with Crippen LogP contribution in [0.5, 0.6) is 17.2 Å². The molecule has 0 amide bonds. The molecule has 146 valence electrons. The van der Waals surface area contributed by atoms with E-state index in [4.69, 9.17) is 9.47 Å². The fourth-order valence-corrected chi connectivity index (χ4v) is 3.97. The van der Waals surface area contributed by atoms with Crippen molar-refractivity contribution in [2.45, 2.75) is 52.6 Å². The lowest BCUT2D eigenvalue weighted by atomic mass is 9.88. The van der Waals surface area contributed by atoms with Gasteiger partial charge < -0.3 is 14.6 Å². The lowest BCUT2D eigenvalue weighted by molar-refractivity contribution is 0.139. The lowest BCUT2D eigenvalue weighted by Gasteiger charge is -2.28. The van der Waals surface area contributed by atoms with Gasteiger partial charge in [0.1, 0.15) is 23.4 Å². The Balaban J connectivity index is 1.67. The molecule has 0 aromatic heterocycles. The Hall–Kier alpha value is -2.68. The lowest BCUT2D eigenvalue weighted by Crippen LogP contribution is -2.23. The molecule has 0 bridgehead atoms. The minimum absolute atomic E-state index is 0.0523. The van der Waals surface area contributed by atoms with Crippen LogP contribution in [-0.4, -0.2) is 11.7 Å². The Labute approximate surface area is 167 Å². The monoisotopic (exact) mass is 376 g/mol. The van der Waals surface area contributed by atoms with Gasteiger partial charge in [0, 0.05) is 16.7 Å². The van der Waals surface area contributed by atoms with E-state index >= 15 is 0 Å². The molecular formula is C25H28O3. The third kappa shape index (κ3) is 3.42. The summed E-state index contributed by atoms with van der Waals surface area (Å²) in [7, 11) is 0. The van der Waals surface area contributed by atoms with Crippen LogP contribution in [0, 0.1) is 0 Å². The highest BCUT2D eigenvalue weighted by atomic mass is 16.5. The van der Waals surface area contributed by atoms with E-state index < -0.39 is 0 Å². The molecule has 1 N–H and O–H groups in total. The summed E-state index contributed by atoms with van der Waals surface area (Å²) in [6.07, 6.45) is 5.89. The molecule has 4 rings (SSSR count). The SMILES string of the molecule is CC(C)=CCc1ccc2c(c1)OC[C@H]1c3ccc(O)c(CC=C(C)C)c3O[C@H]21. The van der Waals surface area contributed by atoms with Gasteiger partial charge in [0.25, 0.3) is 0 Å². The molecule has 3 nitrogen and oxygen atoms in total. The first-order valence-electron chi connectivity index (χ1n) is 9.97. The highest BCUT2D eigenvalue weighted by molar-refractivity contribution is 5.57. The molecule has 0 aliphatic carbocycles. The Morgan fingerprint density at radius 3 is 2.46 bits per heavy atom. The standard InChI is InChI=1S/C25H28O3/c1-15(2)5-7-17-8-10-20-23(13-17)27-14-21-18-11-12-22(26)19(9-6-16(3)4)24(18)28-25(20)21/h5-6,8,10-13,21,25-26H,7,9,14H2,1-4H3/t21-,25+/m0/s1. The normalized spacial score (nSPS) is 18.9. The van der Waals surface area contributed by atoms with Crippen molar-refractivity contribution in [2.75, 3.05) is 6.61 Å². The number of fused-ring (bicyclic) bond motifs is 5. The van der Waals surface area contributed by atoms with Crippen LogP contribution in [0.15, 0.2) is 53.6 Å². The highest BCUT2D eigenvalue weighted by Crippen LogP contribution is 2.53. The van der Waals surface area contributed by atoms with Gasteiger partial charge in [-0.2, -0.15) is 0 Å². The van der Waals surface area contributed by atoms with Crippen molar-refractivity contribution in [1.29, 1.82) is 0 Å². The number of phenolic OH excluding ortho intramolecular Hbond substituents is 1. The van der Waals surface area contributed by atoms with Crippen LogP contribution in [0.2, 0.25) is 0 Å². The van der Waals surface area contributed by atoms with E-state index in [1.807, 2.05) is 6.07 Å². The average Bonchev–Trinajstić information content (AvgIpc) is 3.04. The second-order valence-electron chi connectivity index (χ2n) is 8.28. The van der Waals surface area contributed by atoms with Crippen molar-refractivity contribution in [3.8, 4) is 17.2 Å². The summed E-state index contributed by atoms with van der Waals surface area (Å²) in [6.45, 7) is 8.97. The molecule has 2 atom stereocenters. The van der Waals surface area contributed by atoms with Crippen molar-refractivity contribution in [3.63, 3.8) is 0 Å². The van der Waals surface area contributed by atoms with E-state index in [0.29, 0.717) is 18.8 Å². The summed E-state index contributed by atoms with van der Waals surface area (Å²) >= 11 is 0. The minimum Gasteiger partial charge on any atom is -0.508 e. The van der Waals surface area contributed by atoms with E-state index in [2.05, 4.69) is 58.0 Å². The molecule has 0 spiro atoms. The summed E-state index contributed by atoms with van der Waals surface area (Å²) in [5.74, 6) is 2.21. The molecule has 2 aromatic carbocycles. The summed E-state index contributed by atoms with van der Waals surface area (Å²) < 4.78 is 12.6. The van der Waals surface area contributed by atoms with Gasteiger partial charge >= 0.3 is 0 Å². The zero-order chi connectivity index (χ0) is 19.8. The fourth-order valence-electron chi connectivity index (χ4n) is 3.97. The van der Waals surface area contributed by atoms with Gasteiger partial charge in [0.2, 0.25) is 0 Å². The molecule has 2 aromatic rings. The maximum Gasteiger partial charge on any atom is 0.138 e. The molecule has 28 heavy (non-hydrogen) atoms. The van der Waals surface area contributed by atoms with Crippen molar-refractivity contribution in [2.24, 2.45) is 0 Å². The van der Waals surface area contributed by atoms with E-state index in [1.165, 1.54) is 16.7 Å². The van der Waals surface area contributed by atoms with E-state index in [0.717, 1.165) is 34.6 Å². The zero-order valence-electron chi connectivity index (χ0n) is 17.1. The summed E-state index contributed by atoms with van der Waals surface area (Å²) in [5.41, 5.74) is 6.90. The van der Waals surface area contributed by atoms with Crippen LogP contribution < -0.4 is 9.47 Å². The van der Waals surface area contributed by atoms with E-state index in [9.17, 15) is 5.11 Å². The fraction of sp³-hybridized carbons (Fsp3) is 0.360. The quantitative estimate of drug-likeness (QED) is 0.663. The maximum atomic E-state index is 10.4. The van der Waals surface area contributed by atoms with Crippen LogP contribution in [0.3, 0.4) is 0 Å². The Kier molecular flexibility index (Phi) is 4.92. The summed E-state index contributed by atoms with van der Waals surface area (Å²) in [5, 5.41) is 10.4. The topological polar surface area (TPSA) is 38.7 Å². The number of hydrogen-bond acceptors (Lipinski definition) is 3. The third-order valence-electron chi connectivity index (χ3n) is 5.54. The number of hydrogen-bond donors (Lipinski definition) is 1. The molecule has 3 heteroatoms. The Morgan fingerprint density at radius 2 is 1.71 bits per heavy atom. The van der Waals surface area contributed by atoms with Crippen molar-refractivity contribution in [1.82, 2.24) is 0 Å².